The van der Waals surface area contributed by atoms with Crippen molar-refractivity contribution in [1.82, 2.24) is 14.8 Å². The Kier molecular flexibility index (Phi) is 6.77. The molecule has 8 heteroatoms. The van der Waals surface area contributed by atoms with Gasteiger partial charge in [0.05, 0.1) is 17.6 Å². The highest BCUT2D eigenvalue weighted by Gasteiger charge is 2.58. The molecule has 0 aliphatic carbocycles. The van der Waals surface area contributed by atoms with E-state index in [1.165, 1.54) is 6.08 Å². The summed E-state index contributed by atoms with van der Waals surface area (Å²) in [5.41, 5.74) is 1.42. The summed E-state index contributed by atoms with van der Waals surface area (Å²) in [5, 5.41) is 0. The second kappa shape index (κ2) is 10.0. The molecule has 1 aromatic carbocycles. The number of hydrogen-bond acceptors (Lipinski definition) is 4. The second-order valence-corrected chi connectivity index (χ2v) is 9.77. The number of allylic oxidation sites excluding steroid dienone is 3. The lowest BCUT2D eigenvalue weighted by molar-refractivity contribution is -0.142. The zero-order valence-electron chi connectivity index (χ0n) is 20.7. The molecule has 3 aliphatic rings. The molecule has 2 amide bonds. The summed E-state index contributed by atoms with van der Waals surface area (Å²) < 4.78 is 33.3. The fourth-order valence-corrected chi connectivity index (χ4v) is 5.47. The molecule has 2 atom stereocenters. The van der Waals surface area contributed by atoms with Crippen LogP contribution in [0.1, 0.15) is 43.1 Å². The second-order valence-electron chi connectivity index (χ2n) is 9.77. The molecule has 0 saturated carbocycles. The lowest BCUT2D eigenvalue weighted by Crippen LogP contribution is -2.52. The maximum Gasteiger partial charge on any atom is 0.272 e. The Morgan fingerprint density at radius 2 is 1.81 bits per heavy atom. The molecule has 192 valence electrons. The minimum Gasteiger partial charge on any atom is -0.342 e. The van der Waals surface area contributed by atoms with E-state index in [0.29, 0.717) is 50.0 Å². The summed E-state index contributed by atoms with van der Waals surface area (Å²) in [4.78, 5) is 34.7. The number of benzene rings is 1. The quantitative estimate of drug-likeness (QED) is 0.514. The van der Waals surface area contributed by atoms with Crippen LogP contribution in [0.2, 0.25) is 0 Å². The number of fused-ring (bicyclic) bond motifs is 1. The van der Waals surface area contributed by atoms with E-state index in [4.69, 9.17) is 4.74 Å². The van der Waals surface area contributed by atoms with Crippen LogP contribution < -0.4 is 0 Å². The number of carbonyl (C=O) groups excluding carboxylic acids is 2. The highest BCUT2D eigenvalue weighted by atomic mass is 19.1. The minimum absolute atomic E-state index is 0.150. The predicted octanol–water partition coefficient (Wildman–Crippen LogP) is 5.35. The van der Waals surface area contributed by atoms with Crippen molar-refractivity contribution >= 4 is 11.8 Å². The molecule has 1 aromatic heterocycles. The molecule has 3 saturated heterocycles. The van der Waals surface area contributed by atoms with Crippen molar-refractivity contribution in [3.05, 3.63) is 90.2 Å². The lowest BCUT2D eigenvalue weighted by atomic mass is 9.89. The first kappa shape index (κ1) is 25.0. The number of pyridine rings is 1. The molecule has 6 nitrogen and oxygen atoms in total. The fourth-order valence-electron chi connectivity index (χ4n) is 5.47. The van der Waals surface area contributed by atoms with Gasteiger partial charge >= 0.3 is 0 Å². The van der Waals surface area contributed by atoms with Gasteiger partial charge in [-0.25, -0.2) is 13.8 Å². The van der Waals surface area contributed by atoms with Crippen molar-refractivity contribution < 1.29 is 23.1 Å². The van der Waals surface area contributed by atoms with Crippen molar-refractivity contribution in [3.63, 3.8) is 0 Å². The zero-order chi connectivity index (χ0) is 26.2. The molecular formula is C29H29F2N3O3. The normalized spacial score (nSPS) is 23.5. The molecule has 2 aromatic rings. The molecule has 0 unspecified atom stereocenters. The van der Waals surface area contributed by atoms with Crippen molar-refractivity contribution in [2.24, 2.45) is 0 Å². The Morgan fingerprint density at radius 3 is 2.51 bits per heavy atom. The largest absolute Gasteiger partial charge is 0.342 e. The third kappa shape index (κ3) is 4.85. The molecular weight excluding hydrogens is 476 g/mol. The van der Waals surface area contributed by atoms with Gasteiger partial charge in [-0.05, 0) is 43.5 Å². The first-order chi connectivity index (χ1) is 17.8. The van der Waals surface area contributed by atoms with E-state index in [-0.39, 0.29) is 11.8 Å². The van der Waals surface area contributed by atoms with Crippen LogP contribution in [0.5, 0.6) is 0 Å². The molecule has 0 N–H and O–H groups in total. The molecule has 37 heavy (non-hydrogen) atoms. The van der Waals surface area contributed by atoms with Gasteiger partial charge in [0.2, 0.25) is 0 Å². The Balaban J connectivity index is 1.26. The van der Waals surface area contributed by atoms with E-state index >= 15 is 0 Å². The maximum absolute atomic E-state index is 14.0. The highest BCUT2D eigenvalue weighted by molar-refractivity contribution is 5.94. The third-order valence-corrected chi connectivity index (χ3v) is 7.30. The average molecular weight is 506 g/mol. The maximum atomic E-state index is 14.0. The van der Waals surface area contributed by atoms with E-state index in [1.54, 1.807) is 15.9 Å². The van der Waals surface area contributed by atoms with Gasteiger partial charge in [0.15, 0.2) is 5.60 Å². The van der Waals surface area contributed by atoms with Crippen LogP contribution in [-0.2, 0) is 9.53 Å². The summed E-state index contributed by atoms with van der Waals surface area (Å²) in [6.07, 6.45) is 3.51. The number of rotatable bonds is 5. The lowest BCUT2D eigenvalue weighted by Gasteiger charge is -2.37. The van der Waals surface area contributed by atoms with Crippen LogP contribution in [-0.4, -0.2) is 57.6 Å². The number of aromatic nitrogens is 1. The van der Waals surface area contributed by atoms with E-state index in [0.717, 1.165) is 24.3 Å². The van der Waals surface area contributed by atoms with Crippen LogP contribution >= 0.6 is 0 Å². The van der Waals surface area contributed by atoms with E-state index in [1.807, 2.05) is 42.5 Å². The molecule has 0 bridgehead atoms. The monoisotopic (exact) mass is 505 g/mol. The first-order valence-electron chi connectivity index (χ1n) is 12.5. The summed E-state index contributed by atoms with van der Waals surface area (Å²) in [7, 11) is 0. The third-order valence-electron chi connectivity index (χ3n) is 7.30. The minimum atomic E-state index is -1.00. The Labute approximate surface area is 214 Å². The van der Waals surface area contributed by atoms with Gasteiger partial charge < -0.3 is 14.5 Å². The van der Waals surface area contributed by atoms with Gasteiger partial charge in [-0.2, -0.15) is 0 Å². The Hall–Kier alpha value is -3.65. The highest BCUT2D eigenvalue weighted by Crippen LogP contribution is 2.44. The van der Waals surface area contributed by atoms with Crippen LogP contribution in [0.3, 0.4) is 0 Å². The van der Waals surface area contributed by atoms with Crippen LogP contribution in [0.25, 0.3) is 11.3 Å². The molecule has 3 aliphatic heterocycles. The number of nitrogens with zero attached hydrogens (tertiary/aromatic N) is 3. The van der Waals surface area contributed by atoms with Gasteiger partial charge in [0.1, 0.15) is 17.7 Å². The Bertz CT molecular complexity index is 1280. The number of hydrogen-bond donors (Lipinski definition) is 0. The number of ether oxygens (including phenoxy) is 1. The van der Waals surface area contributed by atoms with E-state index in [2.05, 4.69) is 11.6 Å². The van der Waals surface area contributed by atoms with Crippen LogP contribution in [0.4, 0.5) is 8.78 Å². The number of likely N-dealkylation sites (tertiary alicyclic amines) is 1. The van der Waals surface area contributed by atoms with Crippen molar-refractivity contribution in [2.45, 2.75) is 50.5 Å². The summed E-state index contributed by atoms with van der Waals surface area (Å²) in [6.45, 7) is 5.82. The topological polar surface area (TPSA) is 62.7 Å². The molecule has 0 radical (unpaired) electrons. The van der Waals surface area contributed by atoms with Crippen molar-refractivity contribution in [3.8, 4) is 11.3 Å². The Morgan fingerprint density at radius 1 is 1.08 bits per heavy atom. The summed E-state index contributed by atoms with van der Waals surface area (Å²) in [5.74, 6) is -1.72. The van der Waals surface area contributed by atoms with Crippen molar-refractivity contribution in [2.75, 3.05) is 13.1 Å². The smallest absolute Gasteiger partial charge is 0.272 e. The number of halogens is 2. The SMILES string of the molecule is C=C(/C=C(F)\C=C(/C)F)[C@@H]1CC[C@H]2OC3(CCN(C(=O)c4cccc(-c5ccccc5)n4)CC3)C(=O)N21. The fraction of sp³-hybridized carbons (Fsp3) is 0.345. The molecule has 4 heterocycles. The average Bonchev–Trinajstić information content (AvgIpc) is 3.42. The van der Waals surface area contributed by atoms with Crippen molar-refractivity contribution in [1.29, 1.82) is 0 Å². The molecule has 5 rings (SSSR count). The van der Waals surface area contributed by atoms with Gasteiger partial charge in [0, 0.05) is 37.6 Å². The standard InChI is InChI=1S/C29H29F2N3O3/c1-19(17-22(31)18-20(2)30)25-11-12-26-34(25)28(36)29(37-26)13-15-33(16-14-29)27(35)24-10-6-9-23(32-24)21-7-4-3-5-8-21/h3-10,17-18,25-26H,1,11-16H2,2H3/b20-18+,22-17+/t25-,26+/m0/s1. The number of carbonyl (C=O) groups is 2. The van der Waals surface area contributed by atoms with E-state index in [9.17, 15) is 18.4 Å². The van der Waals surface area contributed by atoms with Gasteiger partial charge in [-0.15, -0.1) is 0 Å². The summed E-state index contributed by atoms with van der Waals surface area (Å²) in [6, 6.07) is 14.7. The first-order valence-corrected chi connectivity index (χ1v) is 12.5. The number of piperidine rings is 1. The van der Waals surface area contributed by atoms with Crippen LogP contribution in [0, 0.1) is 0 Å². The molecule has 3 fully saturated rings. The predicted molar refractivity (Wildman–Crippen MR) is 135 cm³/mol. The van der Waals surface area contributed by atoms with Crippen LogP contribution in [0.15, 0.2) is 84.5 Å². The number of amides is 2. The zero-order valence-corrected chi connectivity index (χ0v) is 20.7. The van der Waals surface area contributed by atoms with Gasteiger partial charge in [-0.3, -0.25) is 9.59 Å². The van der Waals surface area contributed by atoms with E-state index < -0.39 is 29.5 Å². The molecule has 1 spiro atoms. The van der Waals surface area contributed by atoms with Gasteiger partial charge in [0.25, 0.3) is 11.8 Å². The van der Waals surface area contributed by atoms with Gasteiger partial charge in [-0.1, -0.05) is 43.0 Å². The summed E-state index contributed by atoms with van der Waals surface area (Å²) >= 11 is 0.